The maximum absolute atomic E-state index is 12.5. The van der Waals surface area contributed by atoms with Gasteiger partial charge in [0.05, 0.1) is 12.1 Å². The second kappa shape index (κ2) is 7.09. The molecule has 2 fully saturated rings. The number of hydrogen-bond donors (Lipinski definition) is 0. The Balaban J connectivity index is 1.32. The van der Waals surface area contributed by atoms with Crippen LogP contribution < -0.4 is 9.80 Å². The fourth-order valence-corrected chi connectivity index (χ4v) is 4.70. The fourth-order valence-electron chi connectivity index (χ4n) is 3.14. The first kappa shape index (κ1) is 16.5. The van der Waals surface area contributed by atoms with Crippen LogP contribution in [-0.2, 0) is 16.0 Å². The van der Waals surface area contributed by atoms with Crippen LogP contribution in [0.15, 0.2) is 17.0 Å². The zero-order valence-corrected chi connectivity index (χ0v) is 15.4. The summed E-state index contributed by atoms with van der Waals surface area (Å²) in [6.45, 7) is 3.77. The van der Waals surface area contributed by atoms with Crippen LogP contribution >= 0.6 is 22.7 Å². The molecule has 0 radical (unpaired) electrons. The predicted molar refractivity (Wildman–Crippen MR) is 98.3 cm³/mol. The minimum Gasteiger partial charge on any atom is -0.345 e. The lowest BCUT2D eigenvalue weighted by molar-refractivity contribution is -0.130. The van der Waals surface area contributed by atoms with Crippen molar-refractivity contribution in [3.05, 3.63) is 22.7 Å². The summed E-state index contributed by atoms with van der Waals surface area (Å²) in [5.74, 6) is 0.230. The molecule has 25 heavy (non-hydrogen) atoms. The number of amides is 2. The van der Waals surface area contributed by atoms with Gasteiger partial charge in [0.15, 0.2) is 10.3 Å². The van der Waals surface area contributed by atoms with E-state index in [9.17, 15) is 9.59 Å². The molecule has 2 aliphatic heterocycles. The second-order valence-electron chi connectivity index (χ2n) is 6.13. The van der Waals surface area contributed by atoms with E-state index < -0.39 is 0 Å². The third-order valence-electron chi connectivity index (χ3n) is 4.50. The number of carbonyl (C=O) groups is 2. The number of aromatic nitrogens is 2. The Hall–Kier alpha value is -2.00. The average Bonchev–Trinajstić information content (AvgIpc) is 3.36. The van der Waals surface area contributed by atoms with E-state index in [4.69, 9.17) is 0 Å². The van der Waals surface area contributed by atoms with Gasteiger partial charge in [0, 0.05) is 56.1 Å². The van der Waals surface area contributed by atoms with Crippen molar-refractivity contribution in [1.82, 2.24) is 14.9 Å². The van der Waals surface area contributed by atoms with Crippen LogP contribution in [0.1, 0.15) is 18.5 Å². The van der Waals surface area contributed by atoms with E-state index in [1.807, 2.05) is 21.9 Å². The highest BCUT2D eigenvalue weighted by atomic mass is 32.1. The van der Waals surface area contributed by atoms with Gasteiger partial charge in [-0.25, -0.2) is 9.97 Å². The molecule has 4 rings (SSSR count). The van der Waals surface area contributed by atoms with Gasteiger partial charge in [-0.2, -0.15) is 0 Å². The molecule has 0 aliphatic carbocycles. The van der Waals surface area contributed by atoms with E-state index in [1.165, 1.54) is 11.3 Å². The monoisotopic (exact) mass is 377 g/mol. The maximum atomic E-state index is 12.5. The molecule has 0 saturated carbocycles. The van der Waals surface area contributed by atoms with E-state index in [2.05, 4.69) is 14.9 Å². The quantitative estimate of drug-likeness (QED) is 0.810. The smallest absolute Gasteiger partial charge is 0.228 e. The predicted octanol–water partition coefficient (Wildman–Crippen LogP) is 1.62. The van der Waals surface area contributed by atoms with Gasteiger partial charge in [0.2, 0.25) is 11.8 Å². The van der Waals surface area contributed by atoms with Crippen LogP contribution in [0, 0.1) is 0 Å². The van der Waals surface area contributed by atoms with Crippen molar-refractivity contribution in [1.29, 1.82) is 0 Å². The Morgan fingerprint density at radius 2 is 1.96 bits per heavy atom. The molecule has 9 heteroatoms. The van der Waals surface area contributed by atoms with Crippen LogP contribution in [-0.4, -0.2) is 59.4 Å². The Morgan fingerprint density at radius 1 is 1.12 bits per heavy atom. The summed E-state index contributed by atoms with van der Waals surface area (Å²) in [5, 5.41) is 5.60. The Morgan fingerprint density at radius 3 is 2.64 bits per heavy atom. The molecule has 2 saturated heterocycles. The third-order valence-corrected chi connectivity index (χ3v) is 6.24. The molecule has 2 amide bonds. The van der Waals surface area contributed by atoms with Gasteiger partial charge >= 0.3 is 0 Å². The van der Waals surface area contributed by atoms with Gasteiger partial charge in [-0.1, -0.05) is 0 Å². The number of hydrogen-bond acceptors (Lipinski definition) is 7. The summed E-state index contributed by atoms with van der Waals surface area (Å²) >= 11 is 3.07. The van der Waals surface area contributed by atoms with Crippen molar-refractivity contribution in [2.24, 2.45) is 0 Å². The number of thiazole rings is 2. The number of rotatable bonds is 4. The minimum atomic E-state index is 0.100. The van der Waals surface area contributed by atoms with E-state index in [-0.39, 0.29) is 11.8 Å². The Labute approximate surface area is 153 Å². The third kappa shape index (κ3) is 3.52. The van der Waals surface area contributed by atoms with E-state index in [1.54, 1.807) is 16.2 Å². The Kier molecular flexibility index (Phi) is 4.67. The molecule has 0 atom stereocenters. The van der Waals surface area contributed by atoms with Crippen molar-refractivity contribution in [3.8, 4) is 0 Å². The number of piperazine rings is 1. The van der Waals surface area contributed by atoms with Crippen LogP contribution in [0.4, 0.5) is 10.3 Å². The Bertz CT molecular complexity index is 752. The van der Waals surface area contributed by atoms with Gasteiger partial charge < -0.3 is 9.80 Å². The fraction of sp³-hybridized carbons (Fsp3) is 0.500. The lowest BCUT2D eigenvalue weighted by Gasteiger charge is -2.34. The molecule has 4 heterocycles. The summed E-state index contributed by atoms with van der Waals surface area (Å²) in [6, 6.07) is 0. The van der Waals surface area contributed by atoms with Crippen molar-refractivity contribution >= 4 is 44.8 Å². The van der Waals surface area contributed by atoms with Crippen LogP contribution in [0.3, 0.4) is 0 Å². The zero-order chi connectivity index (χ0) is 17.2. The second-order valence-corrected chi connectivity index (χ2v) is 7.84. The first-order valence-electron chi connectivity index (χ1n) is 8.38. The first-order valence-corrected chi connectivity index (χ1v) is 10.1. The van der Waals surface area contributed by atoms with Gasteiger partial charge in [-0.3, -0.25) is 14.5 Å². The lowest BCUT2D eigenvalue weighted by atomic mass is 10.2. The summed E-state index contributed by atoms with van der Waals surface area (Å²) in [5.41, 5.74) is 0.757. The molecule has 0 unspecified atom stereocenters. The first-order chi connectivity index (χ1) is 12.2. The molecule has 132 valence electrons. The summed E-state index contributed by atoms with van der Waals surface area (Å²) in [7, 11) is 0. The van der Waals surface area contributed by atoms with Gasteiger partial charge in [-0.15, -0.1) is 22.7 Å². The van der Waals surface area contributed by atoms with Gasteiger partial charge in [-0.05, 0) is 6.42 Å². The number of nitrogens with zero attached hydrogens (tertiary/aromatic N) is 5. The standard InChI is InChI=1S/C16H19N5O2S2/c22-13-2-1-4-21(13)16-18-12(11-25-16)10-14(23)19-5-7-20(8-6-19)15-17-3-9-24-15/h3,9,11H,1-2,4-8,10H2. The van der Waals surface area contributed by atoms with Crippen molar-refractivity contribution in [2.75, 3.05) is 42.5 Å². The molecule has 2 aliphatic rings. The average molecular weight is 377 g/mol. The van der Waals surface area contributed by atoms with E-state index >= 15 is 0 Å². The van der Waals surface area contributed by atoms with E-state index in [0.29, 0.717) is 25.9 Å². The summed E-state index contributed by atoms with van der Waals surface area (Å²) < 4.78 is 0. The largest absolute Gasteiger partial charge is 0.345 e. The van der Waals surface area contributed by atoms with Gasteiger partial charge in [0.1, 0.15) is 0 Å². The molecule has 2 aromatic heterocycles. The zero-order valence-electron chi connectivity index (χ0n) is 13.8. The normalized spacial score (nSPS) is 18.2. The topological polar surface area (TPSA) is 69.6 Å². The van der Waals surface area contributed by atoms with Crippen LogP contribution in [0.2, 0.25) is 0 Å². The maximum Gasteiger partial charge on any atom is 0.228 e. The summed E-state index contributed by atoms with van der Waals surface area (Å²) in [4.78, 5) is 39.0. The van der Waals surface area contributed by atoms with Crippen molar-refractivity contribution in [3.63, 3.8) is 0 Å². The minimum absolute atomic E-state index is 0.100. The highest BCUT2D eigenvalue weighted by Gasteiger charge is 2.26. The van der Waals surface area contributed by atoms with Crippen LogP contribution in [0.5, 0.6) is 0 Å². The highest BCUT2D eigenvalue weighted by molar-refractivity contribution is 7.14. The molecule has 0 N–H and O–H groups in total. The van der Waals surface area contributed by atoms with Crippen LogP contribution in [0.25, 0.3) is 0 Å². The molecule has 0 aromatic carbocycles. The number of carbonyl (C=O) groups excluding carboxylic acids is 2. The molecular formula is C16H19N5O2S2. The van der Waals surface area contributed by atoms with Crippen molar-refractivity contribution in [2.45, 2.75) is 19.3 Å². The van der Waals surface area contributed by atoms with E-state index in [0.717, 1.165) is 42.0 Å². The molecule has 7 nitrogen and oxygen atoms in total. The lowest BCUT2D eigenvalue weighted by Crippen LogP contribution is -2.49. The molecular weight excluding hydrogens is 358 g/mol. The SMILES string of the molecule is O=C(Cc1csc(N2CCCC2=O)n1)N1CCN(c2nccs2)CC1. The molecule has 2 aromatic rings. The highest BCUT2D eigenvalue weighted by Crippen LogP contribution is 2.26. The van der Waals surface area contributed by atoms with Crippen molar-refractivity contribution < 1.29 is 9.59 Å². The molecule has 0 bridgehead atoms. The number of anilines is 2. The summed E-state index contributed by atoms with van der Waals surface area (Å²) in [6.07, 6.45) is 3.59. The molecule has 0 spiro atoms. The van der Waals surface area contributed by atoms with Gasteiger partial charge in [0.25, 0.3) is 0 Å².